The summed E-state index contributed by atoms with van der Waals surface area (Å²) < 4.78 is 19.2. The average molecular weight is 323 g/mol. The minimum atomic E-state index is -0.612. The molecule has 0 aliphatic carbocycles. The molecule has 0 unspecified atom stereocenters. The predicted octanol–water partition coefficient (Wildman–Crippen LogP) is 3.50. The van der Waals surface area contributed by atoms with Gasteiger partial charge in [-0.1, -0.05) is 19.4 Å². The van der Waals surface area contributed by atoms with Crippen LogP contribution in [0, 0.1) is 5.82 Å². The highest BCUT2D eigenvalue weighted by atomic mass is 32.1. The highest BCUT2D eigenvalue weighted by Crippen LogP contribution is 2.27. The predicted molar refractivity (Wildman–Crippen MR) is 84.6 cm³/mol. The number of fused-ring (bicyclic) bond motifs is 1. The fourth-order valence-corrected chi connectivity index (χ4v) is 3.12. The van der Waals surface area contributed by atoms with Crippen molar-refractivity contribution in [2.45, 2.75) is 32.7 Å². The Labute approximate surface area is 132 Å². The van der Waals surface area contributed by atoms with E-state index < -0.39 is 5.97 Å². The standard InChI is InChI=1S/C16H18FNO3S/c1-3-5-10(2)18-15(19)9-21-16(20)14-8-11-12(17)6-4-7-13(11)22-14/h4,6-8,10H,3,5,9H2,1-2H3,(H,18,19)/t10-/m1/s1. The lowest BCUT2D eigenvalue weighted by atomic mass is 10.2. The Balaban J connectivity index is 1.94. The maximum absolute atomic E-state index is 13.6. The van der Waals surface area contributed by atoms with E-state index in [4.69, 9.17) is 4.74 Å². The molecule has 0 radical (unpaired) electrons. The van der Waals surface area contributed by atoms with Gasteiger partial charge in [0.1, 0.15) is 10.7 Å². The minimum Gasteiger partial charge on any atom is -0.451 e. The summed E-state index contributed by atoms with van der Waals surface area (Å²) in [5.41, 5.74) is 0. The lowest BCUT2D eigenvalue weighted by Gasteiger charge is -2.12. The molecule has 6 heteroatoms. The number of thiophene rings is 1. The first kappa shape index (κ1) is 16.4. The zero-order valence-corrected chi connectivity index (χ0v) is 13.3. The monoisotopic (exact) mass is 323 g/mol. The molecule has 1 aromatic heterocycles. The second-order valence-corrected chi connectivity index (χ2v) is 6.18. The molecule has 0 bridgehead atoms. The molecule has 118 valence electrons. The number of rotatable bonds is 6. The molecule has 1 atom stereocenters. The SMILES string of the molecule is CCC[C@@H](C)NC(=O)COC(=O)c1cc2c(F)cccc2s1. The highest BCUT2D eigenvalue weighted by Gasteiger charge is 2.15. The summed E-state index contributed by atoms with van der Waals surface area (Å²) in [5.74, 6) is -1.32. The average Bonchev–Trinajstić information content (AvgIpc) is 2.90. The second kappa shape index (κ2) is 7.35. The number of amides is 1. The third kappa shape index (κ3) is 4.04. The van der Waals surface area contributed by atoms with Gasteiger partial charge in [0.05, 0.1) is 0 Å². The normalized spacial score (nSPS) is 12.1. The van der Waals surface area contributed by atoms with Crippen molar-refractivity contribution in [2.75, 3.05) is 6.61 Å². The van der Waals surface area contributed by atoms with Crippen LogP contribution in [0.2, 0.25) is 0 Å². The van der Waals surface area contributed by atoms with E-state index in [1.807, 2.05) is 13.8 Å². The maximum atomic E-state index is 13.6. The van der Waals surface area contributed by atoms with E-state index in [1.165, 1.54) is 12.1 Å². The fraction of sp³-hybridized carbons (Fsp3) is 0.375. The third-order valence-electron chi connectivity index (χ3n) is 3.17. The molecule has 0 fully saturated rings. The van der Waals surface area contributed by atoms with Crippen molar-refractivity contribution in [1.82, 2.24) is 5.32 Å². The van der Waals surface area contributed by atoms with E-state index in [2.05, 4.69) is 5.32 Å². The van der Waals surface area contributed by atoms with Crippen LogP contribution in [0.3, 0.4) is 0 Å². The Morgan fingerprint density at radius 2 is 2.18 bits per heavy atom. The molecule has 1 aromatic carbocycles. The molecule has 2 aromatic rings. The van der Waals surface area contributed by atoms with Gasteiger partial charge in [-0.25, -0.2) is 9.18 Å². The van der Waals surface area contributed by atoms with Crippen molar-refractivity contribution in [3.63, 3.8) is 0 Å². The lowest BCUT2D eigenvalue weighted by molar-refractivity contribution is -0.124. The summed E-state index contributed by atoms with van der Waals surface area (Å²) in [6.07, 6.45) is 1.84. The zero-order valence-electron chi connectivity index (χ0n) is 12.5. The first-order chi connectivity index (χ1) is 10.5. The van der Waals surface area contributed by atoms with Crippen LogP contribution in [0.1, 0.15) is 36.4 Å². The van der Waals surface area contributed by atoms with Crippen LogP contribution in [0.4, 0.5) is 4.39 Å². The van der Waals surface area contributed by atoms with Gasteiger partial charge in [-0.2, -0.15) is 0 Å². The lowest BCUT2D eigenvalue weighted by Crippen LogP contribution is -2.35. The number of hydrogen-bond donors (Lipinski definition) is 1. The summed E-state index contributed by atoms with van der Waals surface area (Å²) >= 11 is 1.15. The van der Waals surface area contributed by atoms with Crippen molar-refractivity contribution < 1.29 is 18.7 Å². The van der Waals surface area contributed by atoms with E-state index in [1.54, 1.807) is 12.1 Å². The molecule has 1 heterocycles. The van der Waals surface area contributed by atoms with Gasteiger partial charge in [0.2, 0.25) is 0 Å². The largest absolute Gasteiger partial charge is 0.451 e. The van der Waals surface area contributed by atoms with E-state index in [9.17, 15) is 14.0 Å². The van der Waals surface area contributed by atoms with E-state index >= 15 is 0 Å². The Morgan fingerprint density at radius 3 is 2.86 bits per heavy atom. The molecule has 0 aliphatic heterocycles. The number of carbonyl (C=O) groups excluding carboxylic acids is 2. The summed E-state index contributed by atoms with van der Waals surface area (Å²) in [7, 11) is 0. The van der Waals surface area contributed by atoms with Crippen molar-refractivity contribution in [2.24, 2.45) is 0 Å². The van der Waals surface area contributed by atoms with Gasteiger partial charge in [0.25, 0.3) is 5.91 Å². The summed E-state index contributed by atoms with van der Waals surface area (Å²) in [5, 5.41) is 3.14. The summed E-state index contributed by atoms with van der Waals surface area (Å²) in [6.45, 7) is 3.60. The molecule has 0 aliphatic rings. The van der Waals surface area contributed by atoms with Crippen LogP contribution in [0.5, 0.6) is 0 Å². The number of halogens is 1. The molecule has 4 nitrogen and oxygen atoms in total. The third-order valence-corrected chi connectivity index (χ3v) is 4.25. The van der Waals surface area contributed by atoms with Crippen LogP contribution in [0.15, 0.2) is 24.3 Å². The number of nitrogens with one attached hydrogen (secondary N) is 1. The number of hydrogen-bond acceptors (Lipinski definition) is 4. The zero-order chi connectivity index (χ0) is 16.1. The quantitative estimate of drug-likeness (QED) is 0.828. The van der Waals surface area contributed by atoms with Gasteiger partial charge in [-0.05, 0) is 31.5 Å². The van der Waals surface area contributed by atoms with Crippen LogP contribution < -0.4 is 5.32 Å². The Morgan fingerprint density at radius 1 is 1.41 bits per heavy atom. The van der Waals surface area contributed by atoms with Gasteiger partial charge in [0, 0.05) is 16.1 Å². The van der Waals surface area contributed by atoms with Crippen molar-refractivity contribution >= 4 is 33.3 Å². The van der Waals surface area contributed by atoms with Crippen LogP contribution in [-0.4, -0.2) is 24.5 Å². The van der Waals surface area contributed by atoms with Gasteiger partial charge in [0.15, 0.2) is 6.61 Å². The van der Waals surface area contributed by atoms with Crippen LogP contribution >= 0.6 is 11.3 Å². The van der Waals surface area contributed by atoms with Gasteiger partial charge in [-0.3, -0.25) is 4.79 Å². The Bertz CT molecular complexity index is 683. The van der Waals surface area contributed by atoms with Gasteiger partial charge in [-0.15, -0.1) is 11.3 Å². The molecule has 1 N–H and O–H groups in total. The topological polar surface area (TPSA) is 55.4 Å². The molecular formula is C16H18FNO3S. The van der Waals surface area contributed by atoms with Crippen molar-refractivity contribution in [1.29, 1.82) is 0 Å². The van der Waals surface area contributed by atoms with E-state index in [0.717, 1.165) is 24.2 Å². The summed E-state index contributed by atoms with van der Waals surface area (Å²) in [6, 6.07) is 6.17. The smallest absolute Gasteiger partial charge is 0.348 e. The van der Waals surface area contributed by atoms with E-state index in [-0.39, 0.29) is 29.3 Å². The molecule has 0 saturated heterocycles. The Hall–Kier alpha value is -1.95. The van der Waals surface area contributed by atoms with E-state index in [0.29, 0.717) is 10.1 Å². The molecule has 22 heavy (non-hydrogen) atoms. The number of carbonyl (C=O) groups is 2. The van der Waals surface area contributed by atoms with Gasteiger partial charge < -0.3 is 10.1 Å². The number of ether oxygens (including phenoxy) is 1. The molecule has 0 saturated carbocycles. The fourth-order valence-electron chi connectivity index (χ4n) is 2.15. The minimum absolute atomic E-state index is 0.0506. The van der Waals surface area contributed by atoms with Gasteiger partial charge >= 0.3 is 5.97 Å². The van der Waals surface area contributed by atoms with Crippen molar-refractivity contribution in [3.8, 4) is 0 Å². The molecule has 2 rings (SSSR count). The molecule has 0 spiro atoms. The first-order valence-electron chi connectivity index (χ1n) is 7.15. The van der Waals surface area contributed by atoms with Crippen molar-refractivity contribution in [3.05, 3.63) is 35.0 Å². The molecular weight excluding hydrogens is 305 g/mol. The molecule has 1 amide bonds. The highest BCUT2D eigenvalue weighted by molar-refractivity contribution is 7.20. The second-order valence-electron chi connectivity index (χ2n) is 5.10. The number of benzene rings is 1. The van der Waals surface area contributed by atoms with Crippen LogP contribution in [-0.2, 0) is 9.53 Å². The number of esters is 1. The maximum Gasteiger partial charge on any atom is 0.348 e. The summed E-state index contributed by atoms with van der Waals surface area (Å²) in [4.78, 5) is 23.9. The Kier molecular flexibility index (Phi) is 5.49. The first-order valence-corrected chi connectivity index (χ1v) is 7.97. The van der Waals surface area contributed by atoms with Crippen LogP contribution in [0.25, 0.3) is 10.1 Å².